The average Bonchev–Trinajstić information content (AvgIpc) is 2.35. The normalized spacial score (nSPS) is 18.9. The summed E-state index contributed by atoms with van der Waals surface area (Å²) in [7, 11) is 0. The number of rotatable bonds is 3. The fourth-order valence-electron chi connectivity index (χ4n) is 2.29. The maximum atomic E-state index is 5.96. The van der Waals surface area contributed by atoms with Gasteiger partial charge in [-0.1, -0.05) is 45.8 Å². The Bertz CT molecular complexity index is 414. The first-order valence-corrected chi connectivity index (χ1v) is 6.86. The number of halogens is 1. The number of hydrogen-bond acceptors (Lipinski definition) is 2. The first-order chi connectivity index (χ1) is 8.22. The summed E-state index contributed by atoms with van der Waals surface area (Å²) in [6.07, 6.45) is 3.46. The van der Waals surface area contributed by atoms with E-state index < -0.39 is 0 Å². The lowest BCUT2D eigenvalue weighted by Crippen LogP contribution is -2.36. The Morgan fingerprint density at radius 2 is 2.18 bits per heavy atom. The van der Waals surface area contributed by atoms with Crippen molar-refractivity contribution in [3.05, 3.63) is 46.0 Å². The van der Waals surface area contributed by atoms with E-state index in [0.717, 1.165) is 24.0 Å². The van der Waals surface area contributed by atoms with Gasteiger partial charge in [0.15, 0.2) is 0 Å². The zero-order valence-electron chi connectivity index (χ0n) is 10.2. The second kappa shape index (κ2) is 5.80. The molecule has 0 aliphatic carbocycles. The highest BCUT2D eigenvalue weighted by molar-refractivity contribution is 9.10. The molecule has 2 nitrogen and oxygen atoms in total. The van der Waals surface area contributed by atoms with E-state index in [4.69, 9.17) is 5.73 Å². The molecule has 1 aliphatic rings. The zero-order chi connectivity index (χ0) is 12.3. The van der Waals surface area contributed by atoms with E-state index in [-0.39, 0.29) is 0 Å². The van der Waals surface area contributed by atoms with Crippen LogP contribution in [0.4, 0.5) is 0 Å². The highest BCUT2D eigenvalue weighted by atomic mass is 79.9. The fourth-order valence-corrected chi connectivity index (χ4v) is 2.84. The standard InChI is InChI=1S/C14H19BrN2/c1-11-6-8-17(9-7-11)14(10-16)12-4-2-3-5-13(12)15/h2-6,14H,7-10,16H2,1H3. The van der Waals surface area contributed by atoms with Crippen LogP contribution in [0, 0.1) is 0 Å². The maximum Gasteiger partial charge on any atom is 0.0485 e. The van der Waals surface area contributed by atoms with Gasteiger partial charge in [-0.05, 0) is 25.0 Å². The summed E-state index contributed by atoms with van der Waals surface area (Å²) < 4.78 is 1.15. The largest absolute Gasteiger partial charge is 0.329 e. The van der Waals surface area contributed by atoms with Gasteiger partial charge < -0.3 is 5.73 Å². The van der Waals surface area contributed by atoms with Crippen molar-refractivity contribution in [2.75, 3.05) is 19.6 Å². The van der Waals surface area contributed by atoms with Crippen molar-refractivity contribution in [2.45, 2.75) is 19.4 Å². The van der Waals surface area contributed by atoms with Gasteiger partial charge in [0, 0.05) is 30.1 Å². The lowest BCUT2D eigenvalue weighted by atomic mass is 10.0. The van der Waals surface area contributed by atoms with E-state index in [1.165, 1.54) is 11.1 Å². The molecular formula is C14H19BrN2. The van der Waals surface area contributed by atoms with E-state index >= 15 is 0 Å². The zero-order valence-corrected chi connectivity index (χ0v) is 11.8. The number of nitrogens with two attached hydrogens (primary N) is 1. The Morgan fingerprint density at radius 3 is 2.76 bits per heavy atom. The predicted octanol–water partition coefficient (Wildman–Crippen LogP) is 3.10. The third-order valence-electron chi connectivity index (χ3n) is 3.40. The summed E-state index contributed by atoms with van der Waals surface area (Å²) in [5.74, 6) is 0. The van der Waals surface area contributed by atoms with Crippen LogP contribution >= 0.6 is 15.9 Å². The molecule has 0 saturated carbocycles. The van der Waals surface area contributed by atoms with Crippen LogP contribution in [0.3, 0.4) is 0 Å². The van der Waals surface area contributed by atoms with Gasteiger partial charge >= 0.3 is 0 Å². The van der Waals surface area contributed by atoms with Gasteiger partial charge in [0.25, 0.3) is 0 Å². The molecule has 1 aliphatic heterocycles. The highest BCUT2D eigenvalue weighted by Gasteiger charge is 2.21. The maximum absolute atomic E-state index is 5.96. The Balaban J connectivity index is 2.20. The summed E-state index contributed by atoms with van der Waals surface area (Å²) in [6.45, 7) is 4.98. The van der Waals surface area contributed by atoms with Crippen LogP contribution in [-0.4, -0.2) is 24.5 Å². The molecule has 1 aromatic rings. The monoisotopic (exact) mass is 294 g/mol. The van der Waals surface area contributed by atoms with Crippen molar-refractivity contribution in [1.29, 1.82) is 0 Å². The van der Waals surface area contributed by atoms with Crippen LogP contribution in [-0.2, 0) is 0 Å². The van der Waals surface area contributed by atoms with E-state index in [1.54, 1.807) is 0 Å². The van der Waals surface area contributed by atoms with Crippen molar-refractivity contribution < 1.29 is 0 Å². The van der Waals surface area contributed by atoms with Crippen molar-refractivity contribution >= 4 is 15.9 Å². The van der Waals surface area contributed by atoms with Crippen LogP contribution in [0.1, 0.15) is 24.9 Å². The molecule has 0 saturated heterocycles. The Labute approximate surface area is 112 Å². The third-order valence-corrected chi connectivity index (χ3v) is 4.12. The molecule has 3 heteroatoms. The summed E-state index contributed by atoms with van der Waals surface area (Å²) in [4.78, 5) is 2.45. The van der Waals surface area contributed by atoms with Crippen LogP contribution in [0.25, 0.3) is 0 Å². The quantitative estimate of drug-likeness (QED) is 0.868. The average molecular weight is 295 g/mol. The van der Waals surface area contributed by atoms with Crippen LogP contribution in [0.5, 0.6) is 0 Å². The molecule has 0 aromatic heterocycles. The minimum Gasteiger partial charge on any atom is -0.329 e. The van der Waals surface area contributed by atoms with Gasteiger partial charge in [-0.15, -0.1) is 0 Å². The summed E-state index contributed by atoms with van der Waals surface area (Å²) >= 11 is 3.62. The second-order valence-corrected chi connectivity index (χ2v) is 5.42. The topological polar surface area (TPSA) is 29.3 Å². The number of hydrogen-bond donors (Lipinski definition) is 1. The van der Waals surface area contributed by atoms with Crippen LogP contribution < -0.4 is 5.73 Å². The molecule has 0 bridgehead atoms. The van der Waals surface area contributed by atoms with Crippen molar-refractivity contribution in [3.8, 4) is 0 Å². The summed E-state index contributed by atoms with van der Waals surface area (Å²) in [5.41, 5.74) is 8.74. The fraction of sp³-hybridized carbons (Fsp3) is 0.429. The van der Waals surface area contributed by atoms with E-state index in [1.807, 2.05) is 6.07 Å². The molecule has 2 N–H and O–H groups in total. The Morgan fingerprint density at radius 1 is 1.41 bits per heavy atom. The van der Waals surface area contributed by atoms with Gasteiger partial charge in [-0.25, -0.2) is 0 Å². The molecule has 1 aromatic carbocycles. The molecule has 17 heavy (non-hydrogen) atoms. The SMILES string of the molecule is CC1=CCN(C(CN)c2ccccc2Br)CC1. The first kappa shape index (κ1) is 12.8. The van der Waals surface area contributed by atoms with Gasteiger partial charge in [0.2, 0.25) is 0 Å². The third kappa shape index (κ3) is 2.97. The first-order valence-electron chi connectivity index (χ1n) is 6.06. The molecule has 1 heterocycles. The molecule has 0 radical (unpaired) electrons. The molecule has 1 atom stereocenters. The minimum atomic E-state index is 0.315. The molecule has 0 amide bonds. The second-order valence-electron chi connectivity index (χ2n) is 4.57. The smallest absolute Gasteiger partial charge is 0.0485 e. The Kier molecular flexibility index (Phi) is 4.37. The molecular weight excluding hydrogens is 276 g/mol. The minimum absolute atomic E-state index is 0.315. The highest BCUT2D eigenvalue weighted by Crippen LogP contribution is 2.28. The number of benzene rings is 1. The lowest BCUT2D eigenvalue weighted by Gasteiger charge is -2.33. The van der Waals surface area contributed by atoms with Gasteiger partial charge in [0.1, 0.15) is 0 Å². The lowest BCUT2D eigenvalue weighted by molar-refractivity contribution is 0.217. The van der Waals surface area contributed by atoms with E-state index in [9.17, 15) is 0 Å². The van der Waals surface area contributed by atoms with Gasteiger partial charge in [-0.3, -0.25) is 4.90 Å². The van der Waals surface area contributed by atoms with Gasteiger partial charge in [-0.2, -0.15) is 0 Å². The predicted molar refractivity (Wildman–Crippen MR) is 75.9 cm³/mol. The molecule has 0 fully saturated rings. The summed E-state index contributed by atoms with van der Waals surface area (Å²) in [5, 5.41) is 0. The van der Waals surface area contributed by atoms with E-state index in [2.05, 4.69) is 52.0 Å². The van der Waals surface area contributed by atoms with E-state index in [0.29, 0.717) is 12.6 Å². The van der Waals surface area contributed by atoms with Crippen LogP contribution in [0.15, 0.2) is 40.4 Å². The van der Waals surface area contributed by atoms with Crippen molar-refractivity contribution in [3.63, 3.8) is 0 Å². The number of nitrogens with zero attached hydrogens (tertiary/aromatic N) is 1. The molecule has 1 unspecified atom stereocenters. The van der Waals surface area contributed by atoms with Crippen molar-refractivity contribution in [1.82, 2.24) is 4.90 Å². The molecule has 92 valence electrons. The summed E-state index contributed by atoms with van der Waals surface area (Å²) in [6, 6.07) is 8.68. The van der Waals surface area contributed by atoms with Crippen molar-refractivity contribution in [2.24, 2.45) is 5.73 Å². The molecule has 2 rings (SSSR count). The molecule has 0 spiro atoms. The van der Waals surface area contributed by atoms with Gasteiger partial charge in [0.05, 0.1) is 0 Å². The Hall–Kier alpha value is -0.640. The van der Waals surface area contributed by atoms with Crippen LogP contribution in [0.2, 0.25) is 0 Å².